The van der Waals surface area contributed by atoms with Gasteiger partial charge in [-0.15, -0.1) is 0 Å². The first-order valence-electron chi connectivity index (χ1n) is 5.06. The van der Waals surface area contributed by atoms with Crippen molar-refractivity contribution in [1.29, 1.82) is 0 Å². The summed E-state index contributed by atoms with van der Waals surface area (Å²) < 4.78 is 1.90. The molecule has 0 aromatic carbocycles. The Balaban J connectivity index is 2.61. The van der Waals surface area contributed by atoms with Crippen LogP contribution in [0.5, 0.6) is 0 Å². The first-order valence-corrected chi connectivity index (χ1v) is 5.85. The maximum Gasteiger partial charge on any atom is 0.355 e. The summed E-state index contributed by atoms with van der Waals surface area (Å²) in [5, 5.41) is 13.4. The second-order valence-electron chi connectivity index (χ2n) is 3.35. The van der Waals surface area contributed by atoms with Crippen LogP contribution in [0.3, 0.4) is 0 Å². The molecule has 0 radical (unpaired) electrons. The molecule has 0 unspecified atom stereocenters. The molecule has 0 aliphatic carbocycles. The van der Waals surface area contributed by atoms with Crippen LogP contribution in [0.1, 0.15) is 17.4 Å². The van der Waals surface area contributed by atoms with Gasteiger partial charge in [-0.2, -0.15) is 5.10 Å². The van der Waals surface area contributed by atoms with Crippen LogP contribution in [0.2, 0.25) is 0 Å². The quantitative estimate of drug-likeness (QED) is 0.944. The maximum atomic E-state index is 11.1. The van der Waals surface area contributed by atoms with E-state index in [-0.39, 0.29) is 5.69 Å². The van der Waals surface area contributed by atoms with E-state index in [1.807, 2.05) is 13.0 Å². The molecule has 2 heterocycles. The summed E-state index contributed by atoms with van der Waals surface area (Å²) in [6.07, 6.45) is 1.65. The lowest BCUT2D eigenvalue weighted by atomic mass is 10.2. The minimum absolute atomic E-state index is 0.146. The number of carbonyl (C=O) groups is 1. The normalized spacial score (nSPS) is 10.5. The molecule has 0 spiro atoms. The molecule has 2 aromatic heterocycles. The fourth-order valence-electron chi connectivity index (χ4n) is 1.54. The molecule has 0 amide bonds. The Kier molecular flexibility index (Phi) is 3.23. The fraction of sp³-hybridized carbons (Fsp3) is 0.182. The van der Waals surface area contributed by atoms with Gasteiger partial charge >= 0.3 is 5.97 Å². The van der Waals surface area contributed by atoms with E-state index in [0.717, 1.165) is 0 Å². The summed E-state index contributed by atoms with van der Waals surface area (Å²) >= 11 is 3.28. The summed E-state index contributed by atoms with van der Waals surface area (Å²) in [6.45, 7) is 2.33. The number of aryl methyl sites for hydroxylation is 1. The van der Waals surface area contributed by atoms with E-state index in [0.29, 0.717) is 22.4 Å². The number of nitrogens with zero attached hydrogens (tertiary/aromatic N) is 3. The molecular weight excluding hydrogens is 286 g/mol. The van der Waals surface area contributed by atoms with E-state index < -0.39 is 5.97 Å². The molecule has 0 aliphatic rings. The summed E-state index contributed by atoms with van der Waals surface area (Å²) in [4.78, 5) is 15.3. The highest BCUT2D eigenvalue weighted by atomic mass is 79.9. The van der Waals surface area contributed by atoms with E-state index in [1.165, 1.54) is 4.68 Å². The van der Waals surface area contributed by atoms with Gasteiger partial charge in [0, 0.05) is 12.7 Å². The lowest BCUT2D eigenvalue weighted by Crippen LogP contribution is -2.08. The summed E-state index contributed by atoms with van der Waals surface area (Å²) in [7, 11) is 0. The van der Waals surface area contributed by atoms with Crippen molar-refractivity contribution in [2.24, 2.45) is 0 Å². The first kappa shape index (κ1) is 11.8. The molecule has 2 rings (SSSR count). The van der Waals surface area contributed by atoms with Crippen molar-refractivity contribution in [2.75, 3.05) is 0 Å². The van der Waals surface area contributed by atoms with Crippen molar-refractivity contribution in [3.63, 3.8) is 0 Å². The molecule has 1 N–H and O–H groups in total. The van der Waals surface area contributed by atoms with Crippen molar-refractivity contribution in [3.8, 4) is 11.4 Å². The molecule has 6 heteroatoms. The Labute approximate surface area is 106 Å². The topological polar surface area (TPSA) is 68.0 Å². The van der Waals surface area contributed by atoms with Crippen molar-refractivity contribution in [3.05, 3.63) is 34.6 Å². The van der Waals surface area contributed by atoms with Gasteiger partial charge in [-0.1, -0.05) is 6.07 Å². The van der Waals surface area contributed by atoms with Crippen molar-refractivity contribution < 1.29 is 9.90 Å². The Morgan fingerprint density at radius 2 is 2.29 bits per heavy atom. The van der Waals surface area contributed by atoms with Crippen molar-refractivity contribution in [1.82, 2.24) is 14.8 Å². The van der Waals surface area contributed by atoms with Gasteiger partial charge in [-0.25, -0.2) is 4.79 Å². The lowest BCUT2D eigenvalue weighted by Gasteiger charge is -1.98. The Bertz CT molecular complexity index is 551. The third kappa shape index (κ3) is 2.08. The molecule has 0 bridgehead atoms. The van der Waals surface area contributed by atoms with E-state index in [4.69, 9.17) is 5.11 Å². The number of pyridine rings is 1. The van der Waals surface area contributed by atoms with Crippen LogP contribution in [-0.4, -0.2) is 25.8 Å². The minimum atomic E-state index is -1.01. The van der Waals surface area contributed by atoms with E-state index in [1.54, 1.807) is 18.3 Å². The van der Waals surface area contributed by atoms with Crippen LogP contribution in [-0.2, 0) is 6.54 Å². The Morgan fingerprint density at radius 1 is 1.53 bits per heavy atom. The number of hydrogen-bond acceptors (Lipinski definition) is 3. The van der Waals surface area contributed by atoms with E-state index >= 15 is 0 Å². The zero-order valence-electron chi connectivity index (χ0n) is 9.09. The van der Waals surface area contributed by atoms with Crippen LogP contribution >= 0.6 is 15.9 Å². The van der Waals surface area contributed by atoms with Gasteiger partial charge in [0.05, 0.1) is 10.2 Å². The van der Waals surface area contributed by atoms with Gasteiger partial charge in [0.1, 0.15) is 5.69 Å². The smallest absolute Gasteiger partial charge is 0.355 e. The SMILES string of the molecule is CCn1nc(-c2ccccn2)c(Br)c1C(=O)O. The van der Waals surface area contributed by atoms with Gasteiger partial charge in [0.2, 0.25) is 0 Å². The third-order valence-corrected chi connectivity index (χ3v) is 3.06. The number of aromatic carboxylic acids is 1. The molecular formula is C11H10BrN3O2. The molecule has 17 heavy (non-hydrogen) atoms. The van der Waals surface area contributed by atoms with Gasteiger partial charge in [0.25, 0.3) is 0 Å². The summed E-state index contributed by atoms with van der Waals surface area (Å²) in [6, 6.07) is 5.42. The number of carboxylic acid groups (broad SMARTS) is 1. The highest BCUT2D eigenvalue weighted by Gasteiger charge is 2.21. The average Bonchev–Trinajstić information content (AvgIpc) is 2.67. The number of aromatic nitrogens is 3. The standard InChI is InChI=1S/C11H10BrN3O2/c1-2-15-10(11(16)17)8(12)9(14-15)7-5-3-4-6-13-7/h3-6H,2H2,1H3,(H,16,17). The molecule has 5 nitrogen and oxygen atoms in total. The predicted molar refractivity (Wildman–Crippen MR) is 65.8 cm³/mol. The molecule has 2 aromatic rings. The Hall–Kier alpha value is -1.69. The summed E-state index contributed by atoms with van der Waals surface area (Å²) in [5.74, 6) is -1.01. The number of rotatable bonds is 3. The minimum Gasteiger partial charge on any atom is -0.476 e. The Morgan fingerprint density at radius 3 is 2.76 bits per heavy atom. The second kappa shape index (κ2) is 4.67. The average molecular weight is 296 g/mol. The second-order valence-corrected chi connectivity index (χ2v) is 4.14. The number of hydrogen-bond donors (Lipinski definition) is 1. The highest BCUT2D eigenvalue weighted by molar-refractivity contribution is 9.10. The van der Waals surface area contributed by atoms with Crippen molar-refractivity contribution >= 4 is 21.9 Å². The molecule has 0 saturated carbocycles. The maximum absolute atomic E-state index is 11.1. The largest absolute Gasteiger partial charge is 0.476 e. The zero-order chi connectivity index (χ0) is 12.4. The monoisotopic (exact) mass is 295 g/mol. The van der Waals surface area contributed by atoms with Crippen LogP contribution in [0.25, 0.3) is 11.4 Å². The van der Waals surface area contributed by atoms with Gasteiger partial charge < -0.3 is 5.11 Å². The van der Waals surface area contributed by atoms with Crippen molar-refractivity contribution in [2.45, 2.75) is 13.5 Å². The molecule has 0 atom stereocenters. The van der Waals surface area contributed by atoms with Crippen LogP contribution in [0, 0.1) is 0 Å². The van der Waals surface area contributed by atoms with Crippen LogP contribution < -0.4 is 0 Å². The molecule has 0 fully saturated rings. The van der Waals surface area contributed by atoms with Crippen LogP contribution in [0.15, 0.2) is 28.9 Å². The third-order valence-electron chi connectivity index (χ3n) is 2.30. The first-order chi connectivity index (χ1) is 8.15. The molecule has 88 valence electrons. The summed E-state index contributed by atoms with van der Waals surface area (Å²) in [5.41, 5.74) is 1.34. The van der Waals surface area contributed by atoms with E-state index in [9.17, 15) is 4.79 Å². The number of halogens is 1. The molecule has 0 aliphatic heterocycles. The van der Waals surface area contributed by atoms with Gasteiger partial charge in [0.15, 0.2) is 5.69 Å². The van der Waals surface area contributed by atoms with Gasteiger partial charge in [-0.3, -0.25) is 9.67 Å². The van der Waals surface area contributed by atoms with Crippen LogP contribution in [0.4, 0.5) is 0 Å². The number of carboxylic acids is 1. The predicted octanol–water partition coefficient (Wildman–Crippen LogP) is 2.43. The zero-order valence-corrected chi connectivity index (χ0v) is 10.7. The highest BCUT2D eigenvalue weighted by Crippen LogP contribution is 2.29. The fourth-order valence-corrected chi connectivity index (χ4v) is 2.20. The lowest BCUT2D eigenvalue weighted by molar-refractivity contribution is 0.0682. The molecule has 0 saturated heterocycles. The van der Waals surface area contributed by atoms with E-state index in [2.05, 4.69) is 26.0 Å². The van der Waals surface area contributed by atoms with Gasteiger partial charge in [-0.05, 0) is 35.0 Å².